The molecule has 1 aliphatic rings. The molecule has 15 heavy (non-hydrogen) atoms. The lowest BCUT2D eigenvalue weighted by Gasteiger charge is -2.05. The van der Waals surface area contributed by atoms with Crippen LogP contribution in [0.2, 0.25) is 0 Å². The Morgan fingerprint density at radius 2 is 2.27 bits per heavy atom. The molecule has 1 aromatic rings. The summed E-state index contributed by atoms with van der Waals surface area (Å²) in [5.41, 5.74) is 0.406. The summed E-state index contributed by atoms with van der Waals surface area (Å²) in [4.78, 5) is 11.8. The highest BCUT2D eigenvalue weighted by Gasteiger charge is 2.22. The molecule has 0 bridgehead atoms. The quantitative estimate of drug-likeness (QED) is 0.859. The lowest BCUT2D eigenvalue weighted by molar-refractivity contribution is 0.0693. The van der Waals surface area contributed by atoms with Gasteiger partial charge >= 0.3 is 5.97 Å². The number of hydrogen-bond donors (Lipinski definition) is 1. The van der Waals surface area contributed by atoms with Crippen LogP contribution in [0, 0.1) is 5.92 Å². The normalized spacial score (nSPS) is 15.3. The minimum atomic E-state index is -0.846. The maximum absolute atomic E-state index is 11.0. The van der Waals surface area contributed by atoms with Crippen LogP contribution in [-0.2, 0) is 0 Å². The van der Waals surface area contributed by atoms with Crippen molar-refractivity contribution in [3.05, 3.63) is 28.2 Å². The van der Waals surface area contributed by atoms with E-state index in [1.807, 2.05) is 6.07 Å². The van der Waals surface area contributed by atoms with E-state index in [9.17, 15) is 4.79 Å². The third-order valence-electron chi connectivity index (χ3n) is 2.35. The second kappa shape index (κ2) is 4.58. The van der Waals surface area contributed by atoms with Crippen LogP contribution < -0.4 is 0 Å². The summed E-state index contributed by atoms with van der Waals surface area (Å²) in [5, 5.41) is 9.01. The van der Waals surface area contributed by atoms with Crippen LogP contribution in [0.5, 0.6) is 0 Å². The van der Waals surface area contributed by atoms with Crippen molar-refractivity contribution < 1.29 is 9.90 Å². The Morgan fingerprint density at radius 3 is 2.87 bits per heavy atom. The highest BCUT2D eigenvalue weighted by molar-refractivity contribution is 9.10. The van der Waals surface area contributed by atoms with Gasteiger partial charge in [-0.3, -0.25) is 0 Å². The van der Waals surface area contributed by atoms with Crippen molar-refractivity contribution in [1.82, 2.24) is 0 Å². The van der Waals surface area contributed by atoms with E-state index in [1.54, 1.807) is 23.9 Å². The molecular weight excluding hydrogens is 276 g/mol. The fourth-order valence-electron chi connectivity index (χ4n) is 1.28. The summed E-state index contributed by atoms with van der Waals surface area (Å²) in [6.45, 7) is 0. The maximum atomic E-state index is 11.0. The Kier molecular flexibility index (Phi) is 3.36. The van der Waals surface area contributed by atoms with Crippen LogP contribution in [0.4, 0.5) is 0 Å². The fourth-order valence-corrected chi connectivity index (χ4v) is 3.07. The van der Waals surface area contributed by atoms with E-state index >= 15 is 0 Å². The molecule has 0 atom stereocenters. The summed E-state index contributed by atoms with van der Waals surface area (Å²) in [6.07, 6.45) is 2.59. The third kappa shape index (κ3) is 2.98. The minimum absolute atomic E-state index is 0.406. The van der Waals surface area contributed by atoms with E-state index in [4.69, 9.17) is 5.11 Å². The smallest absolute Gasteiger partial charge is 0.336 e. The molecule has 2 nitrogen and oxygen atoms in total. The molecule has 1 aromatic carbocycles. The first kappa shape index (κ1) is 11.0. The molecule has 0 amide bonds. The van der Waals surface area contributed by atoms with Crippen LogP contribution in [0.15, 0.2) is 27.6 Å². The largest absolute Gasteiger partial charge is 0.478 e. The molecule has 0 radical (unpaired) electrons. The van der Waals surface area contributed by atoms with Crippen molar-refractivity contribution in [3.63, 3.8) is 0 Å². The minimum Gasteiger partial charge on any atom is -0.478 e. The number of hydrogen-bond acceptors (Lipinski definition) is 2. The predicted octanol–water partition coefficient (Wildman–Crippen LogP) is 3.65. The Morgan fingerprint density at radius 1 is 1.53 bits per heavy atom. The topological polar surface area (TPSA) is 37.3 Å². The van der Waals surface area contributed by atoms with Crippen LogP contribution in [0.25, 0.3) is 0 Å². The van der Waals surface area contributed by atoms with Crippen LogP contribution in [-0.4, -0.2) is 16.8 Å². The van der Waals surface area contributed by atoms with Crippen LogP contribution >= 0.6 is 27.7 Å². The molecule has 0 unspecified atom stereocenters. The molecule has 1 aliphatic carbocycles. The summed E-state index contributed by atoms with van der Waals surface area (Å²) in [5.74, 6) is 0.993. The van der Waals surface area contributed by atoms with Crippen molar-refractivity contribution in [2.45, 2.75) is 17.7 Å². The summed E-state index contributed by atoms with van der Waals surface area (Å²) in [7, 11) is 0. The van der Waals surface area contributed by atoms with Crippen molar-refractivity contribution in [3.8, 4) is 0 Å². The average Bonchev–Trinajstić information content (AvgIpc) is 2.97. The molecule has 80 valence electrons. The van der Waals surface area contributed by atoms with E-state index in [1.165, 1.54) is 12.8 Å². The van der Waals surface area contributed by atoms with E-state index in [2.05, 4.69) is 15.9 Å². The highest BCUT2D eigenvalue weighted by Crippen LogP contribution is 2.36. The van der Waals surface area contributed by atoms with Gasteiger partial charge < -0.3 is 5.11 Å². The van der Waals surface area contributed by atoms with Gasteiger partial charge in [-0.2, -0.15) is 0 Å². The Bertz CT molecular complexity index is 388. The zero-order valence-electron chi connectivity index (χ0n) is 8.07. The molecule has 0 spiro atoms. The summed E-state index contributed by atoms with van der Waals surface area (Å²) in [6, 6.07) is 5.31. The van der Waals surface area contributed by atoms with Crippen molar-refractivity contribution in [2.75, 3.05) is 5.75 Å². The molecule has 0 heterocycles. The second-order valence-corrected chi connectivity index (χ2v) is 5.68. The van der Waals surface area contributed by atoms with Crippen LogP contribution in [0.3, 0.4) is 0 Å². The number of rotatable bonds is 4. The van der Waals surface area contributed by atoms with Gasteiger partial charge in [0.15, 0.2) is 0 Å². The molecule has 1 fully saturated rings. The SMILES string of the molecule is O=C(O)c1ccc(Br)cc1SCC1CC1. The van der Waals surface area contributed by atoms with E-state index in [0.29, 0.717) is 5.56 Å². The lowest BCUT2D eigenvalue weighted by atomic mass is 10.2. The molecule has 2 rings (SSSR count). The Balaban J connectivity index is 2.16. The summed E-state index contributed by atoms with van der Waals surface area (Å²) >= 11 is 5.01. The first-order chi connectivity index (χ1) is 7.16. The van der Waals surface area contributed by atoms with Gasteiger partial charge in [-0.25, -0.2) is 4.79 Å². The molecule has 0 saturated heterocycles. The molecular formula is C11H11BrO2S. The van der Waals surface area contributed by atoms with Gasteiger partial charge in [0.1, 0.15) is 0 Å². The van der Waals surface area contributed by atoms with Gasteiger partial charge in [0.05, 0.1) is 5.56 Å². The zero-order valence-corrected chi connectivity index (χ0v) is 10.5. The molecule has 4 heteroatoms. The molecule has 1 saturated carbocycles. The second-order valence-electron chi connectivity index (χ2n) is 3.70. The highest BCUT2D eigenvalue weighted by atomic mass is 79.9. The number of benzene rings is 1. The summed E-state index contributed by atoms with van der Waals surface area (Å²) < 4.78 is 0.936. The van der Waals surface area contributed by atoms with Crippen molar-refractivity contribution >= 4 is 33.7 Å². The third-order valence-corrected chi connectivity index (χ3v) is 4.13. The number of halogens is 1. The Hall–Kier alpha value is -0.480. The molecule has 1 N–H and O–H groups in total. The molecule has 0 aliphatic heterocycles. The van der Waals surface area contributed by atoms with Gasteiger partial charge in [-0.15, -0.1) is 11.8 Å². The average molecular weight is 287 g/mol. The fraction of sp³-hybridized carbons (Fsp3) is 0.364. The lowest BCUT2D eigenvalue weighted by Crippen LogP contribution is -1.99. The predicted molar refractivity (Wildman–Crippen MR) is 64.5 cm³/mol. The van der Waals surface area contributed by atoms with Gasteiger partial charge in [0, 0.05) is 15.1 Å². The number of carbonyl (C=O) groups is 1. The van der Waals surface area contributed by atoms with Gasteiger partial charge in [-0.1, -0.05) is 15.9 Å². The van der Waals surface area contributed by atoms with E-state index < -0.39 is 5.97 Å². The van der Waals surface area contributed by atoms with Gasteiger partial charge in [0.2, 0.25) is 0 Å². The van der Waals surface area contributed by atoms with Crippen molar-refractivity contribution in [1.29, 1.82) is 0 Å². The van der Waals surface area contributed by atoms with Gasteiger partial charge in [0.25, 0.3) is 0 Å². The van der Waals surface area contributed by atoms with Crippen LogP contribution in [0.1, 0.15) is 23.2 Å². The van der Waals surface area contributed by atoms with E-state index in [0.717, 1.165) is 21.0 Å². The number of carboxylic acids is 1. The van der Waals surface area contributed by atoms with Crippen molar-refractivity contribution in [2.24, 2.45) is 5.92 Å². The number of carboxylic acid groups (broad SMARTS) is 1. The standard InChI is InChI=1S/C11H11BrO2S/c12-8-3-4-9(11(13)14)10(5-8)15-6-7-1-2-7/h3-5,7H,1-2,6H2,(H,13,14). The number of aromatic carboxylic acids is 1. The molecule has 0 aromatic heterocycles. The first-order valence-electron chi connectivity index (χ1n) is 4.82. The number of thioether (sulfide) groups is 1. The monoisotopic (exact) mass is 286 g/mol. The van der Waals surface area contributed by atoms with E-state index in [-0.39, 0.29) is 0 Å². The van der Waals surface area contributed by atoms with Gasteiger partial charge in [-0.05, 0) is 37.0 Å². The maximum Gasteiger partial charge on any atom is 0.336 e. The first-order valence-corrected chi connectivity index (χ1v) is 6.60. The zero-order chi connectivity index (χ0) is 10.8. The Labute approximate surface area is 101 Å².